The number of pyridine rings is 1. The minimum Gasteiger partial charge on any atom is -0.259 e. The molecule has 9 nitrogen and oxygen atoms in total. The number of hydrogen-bond acceptors (Lipinski definition) is 6. The number of hydrazine groups is 1. The Hall–Kier alpha value is -2.41. The van der Waals surface area contributed by atoms with Crippen LogP contribution in [-0.4, -0.2) is 34.4 Å². The van der Waals surface area contributed by atoms with Crippen molar-refractivity contribution < 1.29 is 17.7 Å². The van der Waals surface area contributed by atoms with Crippen LogP contribution < -0.4 is 5.84 Å². The summed E-state index contributed by atoms with van der Waals surface area (Å²) in [4.78, 5) is 9.61. The first kappa shape index (κ1) is 19.4. The van der Waals surface area contributed by atoms with E-state index in [0.29, 0.717) is 21.6 Å². The maximum Gasteiger partial charge on any atom is 0.258 e. The third-order valence-corrected chi connectivity index (χ3v) is 6.01. The summed E-state index contributed by atoms with van der Waals surface area (Å²) in [7, 11) is -3.40. The average Bonchev–Trinajstić information content (AvgIpc) is 2.98. The van der Waals surface area contributed by atoms with Crippen LogP contribution in [0.25, 0.3) is 11.6 Å². The molecule has 0 fully saturated rings. The largest absolute Gasteiger partial charge is 0.259 e. The maximum atomic E-state index is 14.9. The third-order valence-electron chi connectivity index (χ3n) is 3.90. The van der Waals surface area contributed by atoms with Gasteiger partial charge in [0.15, 0.2) is 0 Å². The van der Waals surface area contributed by atoms with E-state index in [-0.39, 0.29) is 12.0 Å². The predicted molar refractivity (Wildman–Crippen MR) is 99.6 cm³/mol. The van der Waals surface area contributed by atoms with E-state index >= 15 is 0 Å². The lowest BCUT2D eigenvalue weighted by Gasteiger charge is -2.17. The second kappa shape index (κ2) is 6.96. The fraction of sp³-hybridized carbons (Fsp3) is 0.133. The number of halogens is 2. The number of fused-ring (bicyclic) bond motifs is 1. The summed E-state index contributed by atoms with van der Waals surface area (Å²) in [6.07, 6.45) is 4.79. The van der Waals surface area contributed by atoms with Gasteiger partial charge in [-0.25, -0.2) is 17.3 Å². The van der Waals surface area contributed by atoms with Crippen molar-refractivity contribution in [3.05, 3.63) is 72.8 Å². The van der Waals surface area contributed by atoms with Crippen molar-refractivity contribution in [2.24, 2.45) is 5.84 Å². The van der Waals surface area contributed by atoms with E-state index in [0.717, 1.165) is 11.5 Å². The molecule has 0 spiro atoms. The number of sulfonamides is 1. The zero-order valence-corrected chi connectivity index (χ0v) is 16.2. The lowest BCUT2D eigenvalue weighted by molar-refractivity contribution is -0.427. The van der Waals surface area contributed by atoms with Crippen molar-refractivity contribution in [1.29, 1.82) is 0 Å². The van der Waals surface area contributed by atoms with Gasteiger partial charge < -0.3 is 0 Å². The molecule has 0 saturated heterocycles. The summed E-state index contributed by atoms with van der Waals surface area (Å²) in [5, 5.41) is 15.3. The molecule has 2 heterocycles. The highest BCUT2D eigenvalue weighted by molar-refractivity contribution is 9.10. The Kier molecular flexibility index (Phi) is 4.99. The van der Waals surface area contributed by atoms with Crippen LogP contribution in [0.1, 0.15) is 12.0 Å². The molecule has 0 atom stereocenters. The van der Waals surface area contributed by atoms with E-state index in [9.17, 15) is 22.9 Å². The molecule has 0 amide bonds. The number of nitrogens with two attached hydrogens (primary N) is 1. The Bertz CT molecular complexity index is 1150. The van der Waals surface area contributed by atoms with Gasteiger partial charge in [0.1, 0.15) is 10.7 Å². The van der Waals surface area contributed by atoms with Crippen LogP contribution in [0.5, 0.6) is 0 Å². The molecule has 27 heavy (non-hydrogen) atoms. The van der Waals surface area contributed by atoms with Crippen molar-refractivity contribution in [3.8, 4) is 0 Å². The molecule has 0 bridgehead atoms. The van der Waals surface area contributed by atoms with Crippen LogP contribution in [-0.2, 0) is 10.0 Å². The van der Waals surface area contributed by atoms with E-state index in [1.807, 2.05) is 0 Å². The number of allylic oxidation sites excluding steroid dienone is 3. The van der Waals surface area contributed by atoms with Gasteiger partial charge in [-0.15, -0.1) is 4.41 Å². The Morgan fingerprint density at radius 3 is 2.85 bits per heavy atom. The first-order valence-corrected chi connectivity index (χ1v) is 9.67. The van der Waals surface area contributed by atoms with Crippen LogP contribution in [0, 0.1) is 10.1 Å². The fourth-order valence-corrected chi connectivity index (χ4v) is 3.83. The van der Waals surface area contributed by atoms with Gasteiger partial charge >= 0.3 is 0 Å². The molecule has 2 N–H and O–H groups in total. The molecule has 1 aliphatic rings. The quantitative estimate of drug-likeness (QED) is 0.426. The van der Waals surface area contributed by atoms with E-state index in [4.69, 9.17) is 5.84 Å². The first-order valence-electron chi connectivity index (χ1n) is 7.43. The van der Waals surface area contributed by atoms with Crippen LogP contribution in [0.4, 0.5) is 4.39 Å². The normalized spacial score (nSPS) is 17.1. The summed E-state index contributed by atoms with van der Waals surface area (Å²) in [6, 6.07) is 3.49. The third kappa shape index (κ3) is 3.56. The summed E-state index contributed by atoms with van der Waals surface area (Å²) in [5.74, 6) is 4.17. The summed E-state index contributed by atoms with van der Waals surface area (Å²) >= 11 is 3.33. The van der Waals surface area contributed by atoms with Crippen molar-refractivity contribution in [3.63, 3.8) is 0 Å². The SMILES string of the molecule is CN(N)S(=O)(=O)C1=C(F)C(=Cc2cnn3ccc(Br)cc23)CC([N+](=O)[O-])=C1. The van der Waals surface area contributed by atoms with E-state index in [1.54, 1.807) is 18.3 Å². The molecule has 2 aromatic heterocycles. The molecule has 3 rings (SSSR count). The molecule has 2 aromatic rings. The summed E-state index contributed by atoms with van der Waals surface area (Å²) < 4.78 is 42.0. The standard InChI is InChI=1S/C15H13BrFN5O4S/c1-20(18)27(25,26)14-7-12(22(23)24)5-9(15(14)17)4-10-8-19-21-3-2-11(16)6-13(10)21/h2-4,6-8H,5,18H2,1H3. The molecule has 142 valence electrons. The van der Waals surface area contributed by atoms with Gasteiger partial charge in [-0.3, -0.25) is 16.0 Å². The number of rotatable bonds is 4. The Morgan fingerprint density at radius 1 is 1.52 bits per heavy atom. The molecular formula is C15H13BrFN5O4S. The Balaban J connectivity index is 2.21. The van der Waals surface area contributed by atoms with Crippen molar-refractivity contribution in [2.45, 2.75) is 6.42 Å². The molecule has 0 saturated carbocycles. The lowest BCUT2D eigenvalue weighted by atomic mass is 10.0. The first-order chi connectivity index (χ1) is 12.6. The van der Waals surface area contributed by atoms with Crippen molar-refractivity contribution in [1.82, 2.24) is 14.0 Å². The van der Waals surface area contributed by atoms with Gasteiger partial charge in [0.2, 0.25) is 0 Å². The number of nitrogens with zero attached hydrogens (tertiary/aromatic N) is 4. The fourth-order valence-electron chi connectivity index (χ4n) is 2.54. The highest BCUT2D eigenvalue weighted by atomic mass is 79.9. The van der Waals surface area contributed by atoms with Gasteiger partial charge in [0.05, 0.1) is 23.1 Å². The van der Waals surface area contributed by atoms with Crippen molar-refractivity contribution >= 4 is 37.5 Å². The minimum atomic E-state index is -4.41. The van der Waals surface area contributed by atoms with E-state index < -0.39 is 31.4 Å². The highest BCUT2D eigenvalue weighted by Crippen LogP contribution is 2.35. The lowest BCUT2D eigenvalue weighted by Crippen LogP contribution is -2.34. The van der Waals surface area contributed by atoms with Crippen LogP contribution in [0.15, 0.2) is 57.1 Å². The Morgan fingerprint density at radius 2 is 2.22 bits per heavy atom. The zero-order chi connectivity index (χ0) is 19.9. The van der Waals surface area contributed by atoms with E-state index in [1.165, 1.54) is 16.8 Å². The summed E-state index contributed by atoms with van der Waals surface area (Å²) in [6.45, 7) is 0. The summed E-state index contributed by atoms with van der Waals surface area (Å²) in [5.41, 5.74) is 0.478. The number of hydrogen-bond donors (Lipinski definition) is 1. The van der Waals surface area contributed by atoms with Gasteiger partial charge in [0, 0.05) is 34.9 Å². The molecule has 0 unspecified atom stereocenters. The average molecular weight is 458 g/mol. The molecule has 0 aromatic carbocycles. The van der Waals surface area contributed by atoms with E-state index in [2.05, 4.69) is 21.0 Å². The maximum absolute atomic E-state index is 14.9. The van der Waals surface area contributed by atoms with Crippen LogP contribution in [0.3, 0.4) is 0 Å². The second-order valence-electron chi connectivity index (χ2n) is 5.71. The van der Waals surface area contributed by atoms with Gasteiger partial charge in [-0.1, -0.05) is 15.9 Å². The van der Waals surface area contributed by atoms with Crippen molar-refractivity contribution in [2.75, 3.05) is 7.05 Å². The number of nitro groups is 1. The molecule has 0 radical (unpaired) electrons. The molecule has 0 aliphatic heterocycles. The monoisotopic (exact) mass is 457 g/mol. The Labute approximate surface area is 161 Å². The minimum absolute atomic E-state index is 0.153. The smallest absolute Gasteiger partial charge is 0.258 e. The van der Waals surface area contributed by atoms with Gasteiger partial charge in [-0.2, -0.15) is 5.10 Å². The second-order valence-corrected chi connectivity index (χ2v) is 8.59. The molecule has 1 aliphatic carbocycles. The predicted octanol–water partition coefficient (Wildman–Crippen LogP) is 2.36. The van der Waals surface area contributed by atoms with Crippen LogP contribution in [0.2, 0.25) is 0 Å². The molecule has 12 heteroatoms. The number of aromatic nitrogens is 2. The van der Waals surface area contributed by atoms with Gasteiger partial charge in [-0.05, 0) is 18.2 Å². The molecular weight excluding hydrogens is 445 g/mol. The van der Waals surface area contributed by atoms with Crippen LogP contribution >= 0.6 is 15.9 Å². The highest BCUT2D eigenvalue weighted by Gasteiger charge is 2.33. The topological polar surface area (TPSA) is 124 Å². The van der Waals surface area contributed by atoms with Gasteiger partial charge in [0.25, 0.3) is 15.7 Å². The zero-order valence-electron chi connectivity index (χ0n) is 13.8.